The van der Waals surface area contributed by atoms with Crippen LogP contribution >= 0.6 is 11.8 Å². The molecule has 1 saturated heterocycles. The molecule has 31 heavy (non-hydrogen) atoms. The van der Waals surface area contributed by atoms with Gasteiger partial charge < -0.3 is 19.1 Å². The molecule has 2 aliphatic heterocycles. The molecule has 2 aliphatic rings. The zero-order valence-electron chi connectivity index (χ0n) is 17.2. The molecule has 8 nitrogen and oxygen atoms in total. The maximum absolute atomic E-state index is 13.0. The number of carbonyl (C=O) groups excluding carboxylic acids is 1. The third-order valence-corrected chi connectivity index (χ3v) is 8.06. The molecule has 4 rings (SSSR count). The molecule has 0 aromatic heterocycles. The van der Waals surface area contributed by atoms with Gasteiger partial charge in [0.1, 0.15) is 19.0 Å². The summed E-state index contributed by atoms with van der Waals surface area (Å²) in [6.45, 7) is 2.10. The molecule has 0 spiro atoms. The van der Waals surface area contributed by atoms with Crippen molar-refractivity contribution in [1.82, 2.24) is 9.21 Å². The van der Waals surface area contributed by atoms with Gasteiger partial charge in [-0.3, -0.25) is 4.79 Å². The molecule has 0 radical (unpaired) electrons. The molecule has 1 amide bonds. The van der Waals surface area contributed by atoms with Crippen LogP contribution in [-0.4, -0.2) is 75.8 Å². The molecule has 2 aromatic carbocycles. The quantitative estimate of drug-likeness (QED) is 0.605. The Morgan fingerprint density at radius 1 is 1.00 bits per heavy atom. The Bertz CT molecular complexity index is 1030. The third-order valence-electron chi connectivity index (χ3n) is 5.16. The number of fused-ring (bicyclic) bond motifs is 1. The van der Waals surface area contributed by atoms with Crippen LogP contribution in [-0.2, 0) is 14.8 Å². The number of sulfonamides is 1. The fourth-order valence-corrected chi connectivity index (χ4v) is 5.66. The van der Waals surface area contributed by atoms with E-state index < -0.39 is 10.0 Å². The zero-order valence-corrected chi connectivity index (χ0v) is 18.8. The van der Waals surface area contributed by atoms with Crippen molar-refractivity contribution in [1.29, 1.82) is 0 Å². The van der Waals surface area contributed by atoms with Crippen LogP contribution in [0.1, 0.15) is 0 Å². The SMILES string of the molecule is COc1ccc(SCC(=O)N2CCN(S(=O)(=O)c3ccc4c(c3)OCCO4)CC2)cc1. The van der Waals surface area contributed by atoms with Gasteiger partial charge in [0.25, 0.3) is 0 Å². The van der Waals surface area contributed by atoms with Crippen molar-refractivity contribution < 1.29 is 27.4 Å². The van der Waals surface area contributed by atoms with E-state index >= 15 is 0 Å². The van der Waals surface area contributed by atoms with Gasteiger partial charge >= 0.3 is 0 Å². The lowest BCUT2D eigenvalue weighted by Crippen LogP contribution is -2.50. The standard InChI is InChI=1S/C21H24N2O6S2/c1-27-16-2-4-17(5-3-16)30-15-21(24)22-8-10-23(11-9-22)31(25,26)18-6-7-19-20(14-18)29-13-12-28-19/h2-7,14H,8-13,15H2,1H3. The van der Waals surface area contributed by atoms with E-state index in [1.165, 1.54) is 28.2 Å². The average molecular weight is 465 g/mol. The number of hydrogen-bond acceptors (Lipinski definition) is 7. The highest BCUT2D eigenvalue weighted by Crippen LogP contribution is 2.33. The van der Waals surface area contributed by atoms with E-state index in [2.05, 4.69) is 0 Å². The number of piperazine rings is 1. The van der Waals surface area contributed by atoms with Crippen molar-refractivity contribution in [3.8, 4) is 17.2 Å². The van der Waals surface area contributed by atoms with E-state index in [1.807, 2.05) is 24.3 Å². The van der Waals surface area contributed by atoms with Crippen LogP contribution in [0.25, 0.3) is 0 Å². The van der Waals surface area contributed by atoms with Crippen molar-refractivity contribution in [3.63, 3.8) is 0 Å². The summed E-state index contributed by atoms with van der Waals surface area (Å²) in [7, 11) is -2.05. The minimum atomic E-state index is -3.66. The smallest absolute Gasteiger partial charge is 0.243 e. The lowest BCUT2D eigenvalue weighted by atomic mass is 10.3. The number of rotatable bonds is 6. The fraction of sp³-hybridized carbons (Fsp3) is 0.381. The van der Waals surface area contributed by atoms with Crippen molar-refractivity contribution >= 4 is 27.7 Å². The number of methoxy groups -OCH3 is 1. The molecular weight excluding hydrogens is 440 g/mol. The van der Waals surface area contributed by atoms with Gasteiger partial charge in [-0.2, -0.15) is 4.31 Å². The van der Waals surface area contributed by atoms with E-state index in [4.69, 9.17) is 14.2 Å². The van der Waals surface area contributed by atoms with E-state index in [0.717, 1.165) is 10.6 Å². The van der Waals surface area contributed by atoms with Crippen molar-refractivity contribution in [2.45, 2.75) is 9.79 Å². The first kappa shape index (κ1) is 21.8. The van der Waals surface area contributed by atoms with Crippen LogP contribution in [0.5, 0.6) is 17.2 Å². The highest BCUT2D eigenvalue weighted by molar-refractivity contribution is 8.00. The summed E-state index contributed by atoms with van der Waals surface area (Å²) in [5.41, 5.74) is 0. The second kappa shape index (κ2) is 9.37. The van der Waals surface area contributed by atoms with Gasteiger partial charge in [0.2, 0.25) is 15.9 Å². The maximum Gasteiger partial charge on any atom is 0.243 e. The Balaban J connectivity index is 1.32. The summed E-state index contributed by atoms with van der Waals surface area (Å²) in [6.07, 6.45) is 0. The predicted octanol–water partition coefficient (Wildman–Crippen LogP) is 2.09. The van der Waals surface area contributed by atoms with Gasteiger partial charge in [-0.1, -0.05) is 0 Å². The molecule has 10 heteroatoms. The number of thioether (sulfide) groups is 1. The lowest BCUT2D eigenvalue weighted by molar-refractivity contribution is -0.129. The van der Waals surface area contributed by atoms with Crippen molar-refractivity contribution in [2.24, 2.45) is 0 Å². The molecule has 0 atom stereocenters. The minimum absolute atomic E-state index is 0.00260. The molecular formula is C21H24N2O6S2. The molecule has 2 aromatic rings. The highest BCUT2D eigenvalue weighted by atomic mass is 32.2. The van der Waals surface area contributed by atoms with E-state index in [-0.39, 0.29) is 23.9 Å². The van der Waals surface area contributed by atoms with Crippen LogP contribution in [0.4, 0.5) is 0 Å². The van der Waals surface area contributed by atoms with Crippen LogP contribution in [0.2, 0.25) is 0 Å². The summed E-state index contributed by atoms with van der Waals surface area (Å²) in [5, 5.41) is 0. The normalized spacial score (nSPS) is 16.7. The molecule has 0 saturated carbocycles. The number of carbonyl (C=O) groups is 1. The van der Waals surface area contributed by atoms with Gasteiger partial charge in [-0.15, -0.1) is 11.8 Å². The fourth-order valence-electron chi connectivity index (χ4n) is 3.42. The number of ether oxygens (including phenoxy) is 3. The molecule has 0 bridgehead atoms. The van der Waals surface area contributed by atoms with E-state index in [9.17, 15) is 13.2 Å². The molecule has 0 N–H and O–H groups in total. The van der Waals surface area contributed by atoms with Crippen LogP contribution in [0.15, 0.2) is 52.3 Å². The molecule has 0 aliphatic carbocycles. The number of nitrogens with zero attached hydrogens (tertiary/aromatic N) is 2. The third kappa shape index (κ3) is 4.91. The van der Waals surface area contributed by atoms with E-state index in [0.29, 0.717) is 43.6 Å². The lowest BCUT2D eigenvalue weighted by Gasteiger charge is -2.34. The topological polar surface area (TPSA) is 85.4 Å². The van der Waals surface area contributed by atoms with Gasteiger partial charge in [-0.05, 0) is 36.4 Å². The Kier molecular flexibility index (Phi) is 6.59. The maximum atomic E-state index is 13.0. The second-order valence-electron chi connectivity index (χ2n) is 7.05. The van der Waals surface area contributed by atoms with Crippen LogP contribution < -0.4 is 14.2 Å². The second-order valence-corrected chi connectivity index (χ2v) is 10.0. The first-order chi connectivity index (χ1) is 15.0. The van der Waals surface area contributed by atoms with Crippen LogP contribution in [0, 0.1) is 0 Å². The van der Waals surface area contributed by atoms with E-state index in [1.54, 1.807) is 18.1 Å². The van der Waals surface area contributed by atoms with Crippen molar-refractivity contribution in [3.05, 3.63) is 42.5 Å². The highest BCUT2D eigenvalue weighted by Gasteiger charge is 2.31. The summed E-state index contributed by atoms with van der Waals surface area (Å²) in [6, 6.07) is 12.2. The zero-order chi connectivity index (χ0) is 21.8. The predicted molar refractivity (Wildman–Crippen MR) is 116 cm³/mol. The van der Waals surface area contributed by atoms with Gasteiger partial charge in [0.05, 0.1) is 17.8 Å². The van der Waals surface area contributed by atoms with Crippen LogP contribution in [0.3, 0.4) is 0 Å². The monoisotopic (exact) mass is 464 g/mol. The molecule has 0 unspecified atom stereocenters. The van der Waals surface area contributed by atoms with Gasteiger partial charge in [-0.25, -0.2) is 8.42 Å². The Hall–Kier alpha value is -2.43. The molecule has 1 fully saturated rings. The number of benzene rings is 2. The Morgan fingerprint density at radius 2 is 1.68 bits per heavy atom. The Morgan fingerprint density at radius 3 is 2.35 bits per heavy atom. The average Bonchev–Trinajstić information content (AvgIpc) is 2.82. The molecule has 166 valence electrons. The van der Waals surface area contributed by atoms with Gasteiger partial charge in [0, 0.05) is 37.1 Å². The summed E-state index contributed by atoms with van der Waals surface area (Å²) >= 11 is 1.45. The summed E-state index contributed by atoms with van der Waals surface area (Å²) < 4.78 is 43.6. The van der Waals surface area contributed by atoms with Crippen molar-refractivity contribution in [2.75, 3.05) is 52.3 Å². The summed E-state index contributed by atoms with van der Waals surface area (Å²) in [5.74, 6) is 2.07. The summed E-state index contributed by atoms with van der Waals surface area (Å²) in [4.78, 5) is 15.4. The number of hydrogen-bond donors (Lipinski definition) is 0. The largest absolute Gasteiger partial charge is 0.497 e. The minimum Gasteiger partial charge on any atom is -0.497 e. The van der Waals surface area contributed by atoms with Gasteiger partial charge in [0.15, 0.2) is 11.5 Å². The number of amides is 1. The first-order valence-corrected chi connectivity index (χ1v) is 12.3. The first-order valence-electron chi connectivity index (χ1n) is 9.92. The Labute approximate surface area is 186 Å². The molecule has 2 heterocycles.